The van der Waals surface area contributed by atoms with E-state index in [0.29, 0.717) is 0 Å². The van der Waals surface area contributed by atoms with Crippen molar-refractivity contribution in [1.29, 1.82) is 5.26 Å². The summed E-state index contributed by atoms with van der Waals surface area (Å²) in [5.41, 5.74) is -1.07. The van der Waals surface area contributed by atoms with Crippen LogP contribution in [0.4, 0.5) is 19.0 Å². The molecule has 0 aliphatic heterocycles. The van der Waals surface area contributed by atoms with Crippen LogP contribution in [0.1, 0.15) is 25.1 Å². The summed E-state index contributed by atoms with van der Waals surface area (Å²) in [5, 5.41) is 20.7. The molecule has 1 aromatic rings. The van der Waals surface area contributed by atoms with E-state index in [4.69, 9.17) is 10.4 Å². The van der Waals surface area contributed by atoms with Crippen LogP contribution >= 0.6 is 0 Å². The third kappa shape index (κ3) is 3.83. The van der Waals surface area contributed by atoms with E-state index in [9.17, 15) is 13.2 Å². The highest BCUT2D eigenvalue weighted by Gasteiger charge is 2.33. The molecule has 1 atom stereocenters. The number of alkyl halides is 3. The van der Waals surface area contributed by atoms with Crippen LogP contribution in [-0.4, -0.2) is 22.7 Å². The summed E-state index contributed by atoms with van der Waals surface area (Å²) in [5.74, 6) is -0.182. The standard InChI is InChI=1S/C12H14F3N3O/c1-7(2)9(6-19)17-11-8(5-16)3-4-10(18-11)12(13,14)15/h3-4,7,9,19H,6H2,1-2H3,(H,17,18). The van der Waals surface area contributed by atoms with Crippen LogP contribution in [0.5, 0.6) is 0 Å². The molecular formula is C12H14F3N3O. The second kappa shape index (κ2) is 5.89. The molecule has 0 saturated heterocycles. The lowest BCUT2D eigenvalue weighted by molar-refractivity contribution is -0.141. The molecule has 0 aliphatic carbocycles. The van der Waals surface area contributed by atoms with Crippen molar-refractivity contribution in [2.75, 3.05) is 11.9 Å². The van der Waals surface area contributed by atoms with Crippen LogP contribution < -0.4 is 5.32 Å². The third-order valence-corrected chi connectivity index (χ3v) is 2.63. The molecule has 0 amide bonds. The molecule has 1 unspecified atom stereocenters. The quantitative estimate of drug-likeness (QED) is 0.883. The summed E-state index contributed by atoms with van der Waals surface area (Å²) in [4.78, 5) is 3.42. The fourth-order valence-corrected chi connectivity index (χ4v) is 1.42. The van der Waals surface area contributed by atoms with Gasteiger partial charge in [0, 0.05) is 0 Å². The molecule has 1 heterocycles. The van der Waals surface area contributed by atoms with E-state index in [1.165, 1.54) is 0 Å². The highest BCUT2D eigenvalue weighted by Crippen LogP contribution is 2.29. The van der Waals surface area contributed by atoms with Crippen molar-refractivity contribution < 1.29 is 18.3 Å². The van der Waals surface area contributed by atoms with Crippen LogP contribution in [0.3, 0.4) is 0 Å². The number of halogens is 3. The van der Waals surface area contributed by atoms with Gasteiger partial charge in [0.05, 0.1) is 18.2 Å². The zero-order valence-electron chi connectivity index (χ0n) is 10.5. The van der Waals surface area contributed by atoms with Gasteiger partial charge in [-0.05, 0) is 18.1 Å². The average Bonchev–Trinajstić information content (AvgIpc) is 2.34. The Bertz CT molecular complexity index is 480. The van der Waals surface area contributed by atoms with Crippen LogP contribution in [0, 0.1) is 17.2 Å². The van der Waals surface area contributed by atoms with Gasteiger partial charge < -0.3 is 10.4 Å². The van der Waals surface area contributed by atoms with E-state index >= 15 is 0 Å². The molecule has 0 fully saturated rings. The van der Waals surface area contributed by atoms with Crippen LogP contribution in [-0.2, 0) is 6.18 Å². The number of hydrogen-bond donors (Lipinski definition) is 2. The van der Waals surface area contributed by atoms with Crippen molar-refractivity contribution in [3.05, 3.63) is 23.4 Å². The zero-order valence-corrected chi connectivity index (χ0v) is 10.5. The third-order valence-electron chi connectivity index (χ3n) is 2.63. The van der Waals surface area contributed by atoms with Gasteiger partial charge in [-0.2, -0.15) is 18.4 Å². The maximum atomic E-state index is 12.6. The molecule has 0 aliphatic rings. The molecule has 1 rings (SSSR count). The summed E-state index contributed by atoms with van der Waals surface area (Å²) in [6.07, 6.45) is -4.57. The van der Waals surface area contributed by atoms with Gasteiger partial charge >= 0.3 is 6.18 Å². The minimum absolute atomic E-state index is 0.00657. The predicted molar refractivity (Wildman–Crippen MR) is 63.3 cm³/mol. The Balaban J connectivity index is 3.14. The van der Waals surface area contributed by atoms with E-state index in [-0.39, 0.29) is 23.9 Å². The first-order chi connectivity index (χ1) is 8.79. The molecule has 4 nitrogen and oxygen atoms in total. The first-order valence-electron chi connectivity index (χ1n) is 5.65. The largest absolute Gasteiger partial charge is 0.433 e. The van der Waals surface area contributed by atoms with Crippen molar-refractivity contribution in [2.45, 2.75) is 26.1 Å². The van der Waals surface area contributed by atoms with Crippen molar-refractivity contribution >= 4 is 5.82 Å². The summed E-state index contributed by atoms with van der Waals surface area (Å²) >= 11 is 0. The van der Waals surface area contributed by atoms with Gasteiger partial charge in [-0.3, -0.25) is 0 Å². The number of rotatable bonds is 4. The van der Waals surface area contributed by atoms with Gasteiger partial charge in [0.2, 0.25) is 0 Å². The lowest BCUT2D eigenvalue weighted by Crippen LogP contribution is -2.30. The second-order valence-electron chi connectivity index (χ2n) is 4.38. The Kier molecular flexibility index (Phi) is 4.72. The van der Waals surface area contributed by atoms with Gasteiger partial charge in [0.25, 0.3) is 0 Å². The van der Waals surface area contributed by atoms with E-state index < -0.39 is 17.9 Å². The molecule has 19 heavy (non-hydrogen) atoms. The smallest absolute Gasteiger partial charge is 0.394 e. The molecule has 0 radical (unpaired) electrons. The van der Waals surface area contributed by atoms with Crippen LogP contribution in [0.25, 0.3) is 0 Å². The topological polar surface area (TPSA) is 68.9 Å². The monoisotopic (exact) mass is 273 g/mol. The Morgan fingerprint density at radius 2 is 2.05 bits per heavy atom. The first-order valence-corrected chi connectivity index (χ1v) is 5.65. The second-order valence-corrected chi connectivity index (χ2v) is 4.38. The van der Waals surface area contributed by atoms with Crippen molar-refractivity contribution in [3.8, 4) is 6.07 Å². The molecule has 0 bridgehead atoms. The number of aliphatic hydroxyl groups is 1. The Morgan fingerprint density at radius 1 is 1.42 bits per heavy atom. The zero-order chi connectivity index (χ0) is 14.6. The number of nitrogens with one attached hydrogen (secondary N) is 1. The van der Waals surface area contributed by atoms with Crippen molar-refractivity contribution in [3.63, 3.8) is 0 Å². The van der Waals surface area contributed by atoms with Crippen LogP contribution in [0.15, 0.2) is 12.1 Å². The number of anilines is 1. The predicted octanol–water partition coefficient (Wildman–Crippen LogP) is 2.40. The highest BCUT2D eigenvalue weighted by atomic mass is 19.4. The van der Waals surface area contributed by atoms with Gasteiger partial charge in [0.1, 0.15) is 17.6 Å². The van der Waals surface area contributed by atoms with E-state index in [0.717, 1.165) is 12.1 Å². The van der Waals surface area contributed by atoms with E-state index in [2.05, 4.69) is 10.3 Å². The lowest BCUT2D eigenvalue weighted by atomic mass is 10.1. The molecule has 1 aromatic heterocycles. The number of hydrogen-bond acceptors (Lipinski definition) is 4. The number of aromatic nitrogens is 1. The minimum Gasteiger partial charge on any atom is -0.394 e. The van der Waals surface area contributed by atoms with Crippen molar-refractivity contribution in [2.24, 2.45) is 5.92 Å². The van der Waals surface area contributed by atoms with E-state index in [1.54, 1.807) is 19.9 Å². The van der Waals surface area contributed by atoms with Crippen LogP contribution in [0.2, 0.25) is 0 Å². The molecule has 104 valence electrons. The van der Waals surface area contributed by atoms with Gasteiger partial charge in [-0.1, -0.05) is 13.8 Å². The van der Waals surface area contributed by atoms with Gasteiger partial charge in [-0.15, -0.1) is 0 Å². The maximum Gasteiger partial charge on any atom is 0.433 e. The first kappa shape index (κ1) is 15.2. The van der Waals surface area contributed by atoms with Gasteiger partial charge in [-0.25, -0.2) is 4.98 Å². The highest BCUT2D eigenvalue weighted by molar-refractivity contribution is 5.53. The lowest BCUT2D eigenvalue weighted by Gasteiger charge is -2.21. The normalized spacial score (nSPS) is 13.2. The molecule has 0 spiro atoms. The number of pyridine rings is 1. The van der Waals surface area contributed by atoms with Gasteiger partial charge in [0.15, 0.2) is 0 Å². The molecular weight excluding hydrogens is 259 g/mol. The molecule has 7 heteroatoms. The SMILES string of the molecule is CC(C)C(CO)Nc1nc(C(F)(F)F)ccc1C#N. The molecule has 0 aromatic carbocycles. The maximum absolute atomic E-state index is 12.6. The summed E-state index contributed by atoms with van der Waals surface area (Å²) in [6, 6.07) is 3.12. The Morgan fingerprint density at radius 3 is 2.47 bits per heavy atom. The van der Waals surface area contributed by atoms with Crippen molar-refractivity contribution in [1.82, 2.24) is 4.98 Å². The minimum atomic E-state index is -4.57. The molecule has 2 N–H and O–H groups in total. The number of nitrogens with zero attached hydrogens (tertiary/aromatic N) is 2. The summed E-state index contributed by atoms with van der Waals surface area (Å²) in [6.45, 7) is 3.33. The fourth-order valence-electron chi connectivity index (χ4n) is 1.42. The average molecular weight is 273 g/mol. The van der Waals surface area contributed by atoms with E-state index in [1.807, 2.05) is 0 Å². The Hall–Kier alpha value is -1.81. The Labute approximate surface area is 108 Å². The summed E-state index contributed by atoms with van der Waals surface area (Å²) in [7, 11) is 0. The fraction of sp³-hybridized carbons (Fsp3) is 0.500. The summed E-state index contributed by atoms with van der Waals surface area (Å²) < 4.78 is 37.7. The number of aliphatic hydroxyl groups excluding tert-OH is 1. The molecule has 0 saturated carbocycles. The number of nitriles is 1.